The summed E-state index contributed by atoms with van der Waals surface area (Å²) in [5.41, 5.74) is -0.0593. The molecule has 1 aromatic heterocycles. The summed E-state index contributed by atoms with van der Waals surface area (Å²) in [5, 5.41) is 10.6. The number of rotatable bonds is 4. The molecule has 0 amide bonds. The Labute approximate surface area is 123 Å². The van der Waals surface area contributed by atoms with Crippen LogP contribution in [0.4, 0.5) is 11.5 Å². The van der Waals surface area contributed by atoms with E-state index < -0.39 is 4.92 Å². The second kappa shape index (κ2) is 6.07. The average molecular weight is 293 g/mol. The van der Waals surface area contributed by atoms with Gasteiger partial charge in [0.1, 0.15) is 12.0 Å². The molecule has 1 fully saturated rings. The smallest absolute Gasteiger partial charge is 0.306 e. The SMILES string of the molecule is COC(=O)CC1(C)CCN(c2ccc([N+](=O)[O-])cn2)CC1. The summed E-state index contributed by atoms with van der Waals surface area (Å²) in [5.74, 6) is 0.556. The first-order chi connectivity index (χ1) is 9.93. The summed E-state index contributed by atoms with van der Waals surface area (Å²) in [4.78, 5) is 27.8. The van der Waals surface area contributed by atoms with E-state index in [9.17, 15) is 14.9 Å². The first kappa shape index (κ1) is 15.2. The van der Waals surface area contributed by atoms with Crippen LogP contribution in [-0.2, 0) is 9.53 Å². The lowest BCUT2D eigenvalue weighted by atomic mass is 9.77. The van der Waals surface area contributed by atoms with Crippen molar-refractivity contribution >= 4 is 17.5 Å². The summed E-state index contributed by atoms with van der Waals surface area (Å²) in [6.07, 6.45) is 3.42. The van der Waals surface area contributed by atoms with E-state index in [2.05, 4.69) is 16.8 Å². The number of nitrogens with zero attached hydrogens (tertiary/aromatic N) is 3. The minimum atomic E-state index is -0.458. The van der Waals surface area contributed by atoms with E-state index in [4.69, 9.17) is 4.74 Å². The Morgan fingerprint density at radius 1 is 1.48 bits per heavy atom. The first-order valence-corrected chi connectivity index (χ1v) is 6.86. The van der Waals surface area contributed by atoms with E-state index in [1.54, 1.807) is 6.07 Å². The van der Waals surface area contributed by atoms with Crippen LogP contribution in [0.1, 0.15) is 26.2 Å². The molecule has 0 spiro atoms. The zero-order valence-electron chi connectivity index (χ0n) is 12.2. The Morgan fingerprint density at radius 2 is 2.14 bits per heavy atom. The molecule has 1 saturated heterocycles. The number of anilines is 1. The van der Waals surface area contributed by atoms with Gasteiger partial charge in [-0.3, -0.25) is 14.9 Å². The largest absolute Gasteiger partial charge is 0.469 e. The number of pyridine rings is 1. The molecule has 0 bridgehead atoms. The van der Waals surface area contributed by atoms with Crippen LogP contribution in [0.5, 0.6) is 0 Å². The predicted octanol–water partition coefficient (Wildman–Crippen LogP) is 2.16. The van der Waals surface area contributed by atoms with Crippen LogP contribution in [0.2, 0.25) is 0 Å². The van der Waals surface area contributed by atoms with E-state index in [-0.39, 0.29) is 17.1 Å². The minimum absolute atomic E-state index is 0.00807. The maximum absolute atomic E-state index is 11.4. The number of methoxy groups -OCH3 is 1. The molecule has 2 heterocycles. The van der Waals surface area contributed by atoms with Crippen LogP contribution in [0.25, 0.3) is 0 Å². The van der Waals surface area contributed by atoms with Crippen molar-refractivity contribution in [1.82, 2.24) is 4.98 Å². The van der Waals surface area contributed by atoms with Crippen molar-refractivity contribution in [2.45, 2.75) is 26.2 Å². The van der Waals surface area contributed by atoms with Crippen molar-refractivity contribution in [3.63, 3.8) is 0 Å². The third-order valence-electron chi connectivity index (χ3n) is 4.04. The van der Waals surface area contributed by atoms with Gasteiger partial charge in [0.25, 0.3) is 5.69 Å². The zero-order valence-corrected chi connectivity index (χ0v) is 12.2. The molecular formula is C14H19N3O4. The molecule has 1 aliphatic heterocycles. The molecule has 1 aromatic rings. The van der Waals surface area contributed by atoms with Gasteiger partial charge in [0.15, 0.2) is 0 Å². The number of hydrogen-bond acceptors (Lipinski definition) is 6. The van der Waals surface area contributed by atoms with Gasteiger partial charge in [-0.1, -0.05) is 6.92 Å². The average Bonchev–Trinajstić information content (AvgIpc) is 2.47. The van der Waals surface area contributed by atoms with E-state index in [1.807, 2.05) is 0 Å². The molecule has 0 unspecified atom stereocenters. The van der Waals surface area contributed by atoms with Gasteiger partial charge >= 0.3 is 5.97 Å². The summed E-state index contributed by atoms with van der Waals surface area (Å²) in [7, 11) is 1.40. The summed E-state index contributed by atoms with van der Waals surface area (Å²) < 4.78 is 4.74. The monoisotopic (exact) mass is 293 g/mol. The minimum Gasteiger partial charge on any atom is -0.469 e. The number of carbonyl (C=O) groups excluding carboxylic acids is 1. The number of esters is 1. The van der Waals surface area contributed by atoms with Crippen molar-refractivity contribution < 1.29 is 14.5 Å². The van der Waals surface area contributed by atoms with Gasteiger partial charge in [-0.2, -0.15) is 0 Å². The summed E-state index contributed by atoms with van der Waals surface area (Å²) >= 11 is 0. The lowest BCUT2D eigenvalue weighted by Crippen LogP contribution is -2.40. The van der Waals surface area contributed by atoms with Crippen molar-refractivity contribution in [3.05, 3.63) is 28.4 Å². The number of aromatic nitrogens is 1. The van der Waals surface area contributed by atoms with Crippen LogP contribution < -0.4 is 4.90 Å². The van der Waals surface area contributed by atoms with Gasteiger partial charge in [0.2, 0.25) is 0 Å². The molecule has 0 atom stereocenters. The number of hydrogen-bond donors (Lipinski definition) is 0. The van der Waals surface area contributed by atoms with Crippen molar-refractivity contribution in [3.8, 4) is 0 Å². The molecule has 7 heteroatoms. The van der Waals surface area contributed by atoms with Gasteiger partial charge in [-0.25, -0.2) is 4.98 Å². The molecule has 0 radical (unpaired) electrons. The molecule has 1 aliphatic rings. The van der Waals surface area contributed by atoms with Crippen LogP contribution in [0.3, 0.4) is 0 Å². The van der Waals surface area contributed by atoms with Crippen molar-refractivity contribution in [2.75, 3.05) is 25.1 Å². The fraction of sp³-hybridized carbons (Fsp3) is 0.571. The quantitative estimate of drug-likeness (QED) is 0.480. The highest BCUT2D eigenvalue weighted by Crippen LogP contribution is 2.35. The zero-order chi connectivity index (χ0) is 15.5. The lowest BCUT2D eigenvalue weighted by Gasteiger charge is -2.39. The van der Waals surface area contributed by atoms with E-state index in [0.29, 0.717) is 6.42 Å². The molecule has 0 N–H and O–H groups in total. The summed E-state index contributed by atoms with van der Waals surface area (Å²) in [6, 6.07) is 3.13. The van der Waals surface area contributed by atoms with Crippen LogP contribution in [0, 0.1) is 15.5 Å². The Hall–Kier alpha value is -2.18. The fourth-order valence-corrected chi connectivity index (χ4v) is 2.55. The molecule has 2 rings (SSSR count). The Bertz CT molecular complexity index is 522. The molecule has 0 saturated carbocycles. The number of piperidine rings is 1. The molecule has 21 heavy (non-hydrogen) atoms. The van der Waals surface area contributed by atoms with Crippen LogP contribution in [0.15, 0.2) is 18.3 Å². The standard InChI is InChI=1S/C14H19N3O4/c1-14(9-13(18)21-2)5-7-16(8-6-14)12-4-3-11(10-15-12)17(19)20/h3-4,10H,5-9H2,1-2H3. The summed E-state index contributed by atoms with van der Waals surface area (Å²) in [6.45, 7) is 3.64. The van der Waals surface area contributed by atoms with Gasteiger partial charge in [-0.15, -0.1) is 0 Å². The second-order valence-corrected chi connectivity index (χ2v) is 5.68. The van der Waals surface area contributed by atoms with Crippen LogP contribution in [-0.4, -0.2) is 36.1 Å². The highest BCUT2D eigenvalue weighted by Gasteiger charge is 2.33. The Kier molecular flexibility index (Phi) is 4.40. The number of ether oxygens (including phenoxy) is 1. The highest BCUT2D eigenvalue weighted by molar-refractivity contribution is 5.70. The molecule has 7 nitrogen and oxygen atoms in total. The Balaban J connectivity index is 1.97. The maximum Gasteiger partial charge on any atom is 0.306 e. The van der Waals surface area contributed by atoms with Crippen molar-refractivity contribution in [2.24, 2.45) is 5.41 Å². The first-order valence-electron chi connectivity index (χ1n) is 6.86. The Morgan fingerprint density at radius 3 is 2.62 bits per heavy atom. The third-order valence-corrected chi connectivity index (χ3v) is 4.04. The van der Waals surface area contributed by atoms with Gasteiger partial charge in [0.05, 0.1) is 18.5 Å². The van der Waals surface area contributed by atoms with Crippen molar-refractivity contribution in [1.29, 1.82) is 0 Å². The van der Waals surface area contributed by atoms with Gasteiger partial charge < -0.3 is 9.64 Å². The molecule has 114 valence electrons. The normalized spacial score (nSPS) is 17.3. The third kappa shape index (κ3) is 3.68. The van der Waals surface area contributed by atoms with E-state index >= 15 is 0 Å². The molecule has 0 aliphatic carbocycles. The lowest BCUT2D eigenvalue weighted by molar-refractivity contribution is -0.385. The molecular weight excluding hydrogens is 274 g/mol. The topological polar surface area (TPSA) is 85.6 Å². The van der Waals surface area contributed by atoms with Gasteiger partial charge in [0, 0.05) is 19.2 Å². The number of carbonyl (C=O) groups is 1. The number of nitro groups is 1. The highest BCUT2D eigenvalue weighted by atomic mass is 16.6. The second-order valence-electron chi connectivity index (χ2n) is 5.68. The van der Waals surface area contributed by atoms with Gasteiger partial charge in [-0.05, 0) is 24.3 Å². The molecule has 0 aromatic carbocycles. The maximum atomic E-state index is 11.4. The van der Waals surface area contributed by atoms with E-state index in [1.165, 1.54) is 19.4 Å². The van der Waals surface area contributed by atoms with Crippen LogP contribution >= 0.6 is 0 Å². The van der Waals surface area contributed by atoms with E-state index in [0.717, 1.165) is 31.7 Å². The predicted molar refractivity (Wildman–Crippen MR) is 77.1 cm³/mol. The fourth-order valence-electron chi connectivity index (χ4n) is 2.55.